The number of amides is 3. The van der Waals surface area contributed by atoms with E-state index in [0.717, 1.165) is 56.4 Å². The minimum absolute atomic E-state index is 0.0158. The molecule has 2 heterocycles. The Hall–Kier alpha value is -3.35. The predicted molar refractivity (Wildman–Crippen MR) is 157 cm³/mol. The fourth-order valence-corrected chi connectivity index (χ4v) is 5.72. The third kappa shape index (κ3) is 6.81. The lowest BCUT2D eigenvalue weighted by Crippen LogP contribution is -2.45. The SMILES string of the molecule is CN(C(=O)c1ccc(-c2ccc(Cl)cc2)cc1)[C@H]1CCN(C(=O)N2CC[C@H](NCCCc3ccccc3)C2)C1. The third-order valence-corrected chi connectivity index (χ3v) is 8.24. The Kier molecular flexibility index (Phi) is 8.84. The van der Waals surface area contributed by atoms with Crippen LogP contribution in [-0.4, -0.2) is 78.5 Å². The van der Waals surface area contributed by atoms with Crippen molar-refractivity contribution >= 4 is 23.5 Å². The molecule has 0 bridgehead atoms. The van der Waals surface area contributed by atoms with Crippen molar-refractivity contribution in [1.29, 1.82) is 0 Å². The average Bonchev–Trinajstić information content (AvgIpc) is 3.66. The van der Waals surface area contributed by atoms with Gasteiger partial charge in [-0.3, -0.25) is 4.79 Å². The standard InChI is InChI=1S/C32H37ClN4O2/c1-35(31(38)27-11-9-25(10-12-27)26-13-15-28(33)16-14-26)30-18-21-37(23-30)32(39)36-20-17-29(22-36)34-19-5-8-24-6-3-2-4-7-24/h2-4,6-7,9-16,29-30,34H,5,8,17-23H2,1H3/t29-,30-/m0/s1. The Morgan fingerprint density at radius 1 is 0.872 bits per heavy atom. The molecule has 204 valence electrons. The van der Waals surface area contributed by atoms with E-state index in [1.165, 1.54) is 5.56 Å². The first kappa shape index (κ1) is 27.2. The van der Waals surface area contributed by atoms with E-state index in [9.17, 15) is 9.59 Å². The number of hydrogen-bond acceptors (Lipinski definition) is 3. The van der Waals surface area contributed by atoms with Crippen molar-refractivity contribution in [2.24, 2.45) is 0 Å². The van der Waals surface area contributed by atoms with Crippen LogP contribution in [0.3, 0.4) is 0 Å². The number of urea groups is 1. The highest BCUT2D eigenvalue weighted by atomic mass is 35.5. The molecule has 7 heteroatoms. The van der Waals surface area contributed by atoms with Crippen LogP contribution in [0.4, 0.5) is 4.79 Å². The van der Waals surface area contributed by atoms with Crippen molar-refractivity contribution in [2.75, 3.05) is 39.8 Å². The van der Waals surface area contributed by atoms with Crippen LogP contribution in [0.2, 0.25) is 5.02 Å². The molecule has 2 fully saturated rings. The lowest BCUT2D eigenvalue weighted by molar-refractivity contribution is 0.0735. The van der Waals surface area contributed by atoms with Gasteiger partial charge in [0.15, 0.2) is 0 Å². The molecule has 5 rings (SSSR count). The molecule has 3 amide bonds. The molecule has 0 aliphatic carbocycles. The number of carbonyl (C=O) groups excluding carboxylic acids is 2. The number of halogens is 1. The molecule has 6 nitrogen and oxygen atoms in total. The van der Waals surface area contributed by atoms with Crippen molar-refractivity contribution in [3.8, 4) is 11.1 Å². The molecule has 0 unspecified atom stereocenters. The van der Waals surface area contributed by atoms with Crippen LogP contribution < -0.4 is 5.32 Å². The van der Waals surface area contributed by atoms with Crippen LogP contribution in [-0.2, 0) is 6.42 Å². The zero-order valence-electron chi connectivity index (χ0n) is 22.6. The monoisotopic (exact) mass is 544 g/mol. The predicted octanol–water partition coefficient (Wildman–Crippen LogP) is 5.57. The summed E-state index contributed by atoms with van der Waals surface area (Å²) in [6.45, 7) is 3.75. The number of rotatable bonds is 8. The summed E-state index contributed by atoms with van der Waals surface area (Å²) < 4.78 is 0. The molecule has 2 aliphatic rings. The topological polar surface area (TPSA) is 55.9 Å². The summed E-state index contributed by atoms with van der Waals surface area (Å²) in [6.07, 6.45) is 3.94. The van der Waals surface area contributed by atoms with Crippen LogP contribution in [0.25, 0.3) is 11.1 Å². The van der Waals surface area contributed by atoms with E-state index in [1.54, 1.807) is 4.90 Å². The maximum absolute atomic E-state index is 13.2. The molecule has 0 radical (unpaired) electrons. The molecular formula is C32H37ClN4O2. The van der Waals surface area contributed by atoms with Crippen molar-refractivity contribution in [3.63, 3.8) is 0 Å². The van der Waals surface area contributed by atoms with Crippen molar-refractivity contribution < 1.29 is 9.59 Å². The summed E-state index contributed by atoms with van der Waals surface area (Å²) in [6, 6.07) is 26.4. The van der Waals surface area contributed by atoms with Crippen LogP contribution in [0.5, 0.6) is 0 Å². The van der Waals surface area contributed by atoms with E-state index in [-0.39, 0.29) is 18.0 Å². The summed E-state index contributed by atoms with van der Waals surface area (Å²) in [5.41, 5.74) is 4.12. The highest BCUT2D eigenvalue weighted by molar-refractivity contribution is 6.30. The number of carbonyl (C=O) groups is 2. The van der Waals surface area contributed by atoms with Crippen molar-refractivity contribution in [2.45, 2.75) is 37.8 Å². The van der Waals surface area contributed by atoms with Gasteiger partial charge in [-0.05, 0) is 73.2 Å². The number of nitrogens with one attached hydrogen (secondary N) is 1. The van der Waals surface area contributed by atoms with Gasteiger partial charge in [0, 0.05) is 49.9 Å². The highest BCUT2D eigenvalue weighted by Crippen LogP contribution is 2.24. The van der Waals surface area contributed by atoms with E-state index in [4.69, 9.17) is 11.6 Å². The summed E-state index contributed by atoms with van der Waals surface area (Å²) in [7, 11) is 1.85. The molecule has 3 aromatic rings. The van der Waals surface area contributed by atoms with E-state index in [0.29, 0.717) is 29.7 Å². The van der Waals surface area contributed by atoms with E-state index >= 15 is 0 Å². The van der Waals surface area contributed by atoms with Gasteiger partial charge in [0.2, 0.25) is 0 Å². The second-order valence-electron chi connectivity index (χ2n) is 10.6. The number of likely N-dealkylation sites (tertiary alicyclic amines) is 2. The van der Waals surface area contributed by atoms with Crippen molar-refractivity contribution in [1.82, 2.24) is 20.0 Å². The Labute approximate surface area is 236 Å². The van der Waals surface area contributed by atoms with Crippen LogP contribution in [0.15, 0.2) is 78.9 Å². The van der Waals surface area contributed by atoms with Gasteiger partial charge < -0.3 is 20.0 Å². The molecule has 0 spiro atoms. The van der Waals surface area contributed by atoms with Crippen LogP contribution in [0, 0.1) is 0 Å². The Morgan fingerprint density at radius 2 is 1.51 bits per heavy atom. The fraction of sp³-hybridized carbons (Fsp3) is 0.375. The zero-order chi connectivity index (χ0) is 27.2. The maximum Gasteiger partial charge on any atom is 0.320 e. The molecule has 0 saturated carbocycles. The summed E-state index contributed by atoms with van der Waals surface area (Å²) in [5, 5.41) is 4.33. The van der Waals surface area contributed by atoms with Gasteiger partial charge in [0.05, 0.1) is 6.04 Å². The maximum atomic E-state index is 13.2. The molecular weight excluding hydrogens is 508 g/mol. The second kappa shape index (κ2) is 12.7. The number of aryl methyl sites for hydroxylation is 1. The average molecular weight is 545 g/mol. The van der Waals surface area contributed by atoms with Gasteiger partial charge >= 0.3 is 6.03 Å². The minimum atomic E-state index is -0.0158. The molecule has 2 atom stereocenters. The second-order valence-corrected chi connectivity index (χ2v) is 11.1. The number of hydrogen-bond donors (Lipinski definition) is 1. The first-order chi connectivity index (χ1) is 19.0. The number of nitrogens with zero attached hydrogens (tertiary/aromatic N) is 3. The first-order valence-corrected chi connectivity index (χ1v) is 14.3. The van der Waals surface area contributed by atoms with Crippen LogP contribution >= 0.6 is 11.6 Å². The lowest BCUT2D eigenvalue weighted by Gasteiger charge is -2.27. The highest BCUT2D eigenvalue weighted by Gasteiger charge is 2.35. The minimum Gasteiger partial charge on any atom is -0.337 e. The summed E-state index contributed by atoms with van der Waals surface area (Å²) >= 11 is 6.00. The normalized spacial score (nSPS) is 18.9. The van der Waals surface area contributed by atoms with Gasteiger partial charge in [0.25, 0.3) is 5.91 Å². The van der Waals surface area contributed by atoms with E-state index in [1.807, 2.05) is 71.4 Å². The van der Waals surface area contributed by atoms with Gasteiger partial charge in [-0.1, -0.05) is 66.2 Å². The van der Waals surface area contributed by atoms with E-state index in [2.05, 4.69) is 29.6 Å². The Morgan fingerprint density at radius 3 is 2.23 bits per heavy atom. The van der Waals surface area contributed by atoms with E-state index < -0.39 is 0 Å². The molecule has 2 saturated heterocycles. The smallest absolute Gasteiger partial charge is 0.320 e. The van der Waals surface area contributed by atoms with Crippen molar-refractivity contribution in [3.05, 3.63) is 95.0 Å². The van der Waals surface area contributed by atoms with Gasteiger partial charge in [0.1, 0.15) is 0 Å². The number of likely N-dealkylation sites (N-methyl/N-ethyl adjacent to an activating group) is 1. The molecule has 0 aromatic heterocycles. The fourth-order valence-electron chi connectivity index (χ4n) is 5.59. The van der Waals surface area contributed by atoms with Gasteiger partial charge in [-0.25, -0.2) is 4.79 Å². The van der Waals surface area contributed by atoms with Crippen LogP contribution in [0.1, 0.15) is 35.2 Å². The Bertz CT molecular complexity index is 1250. The molecule has 1 N–H and O–H groups in total. The number of benzene rings is 3. The zero-order valence-corrected chi connectivity index (χ0v) is 23.3. The third-order valence-electron chi connectivity index (χ3n) is 7.99. The summed E-state index contributed by atoms with van der Waals surface area (Å²) in [4.78, 5) is 32.1. The molecule has 2 aliphatic heterocycles. The van der Waals surface area contributed by atoms with Gasteiger partial charge in [-0.2, -0.15) is 0 Å². The molecule has 3 aromatic carbocycles. The van der Waals surface area contributed by atoms with Gasteiger partial charge in [-0.15, -0.1) is 0 Å². The molecule has 39 heavy (non-hydrogen) atoms. The lowest BCUT2D eigenvalue weighted by atomic mass is 10.0. The Balaban J connectivity index is 1.07. The largest absolute Gasteiger partial charge is 0.337 e. The summed E-state index contributed by atoms with van der Waals surface area (Å²) in [5.74, 6) is -0.0158. The first-order valence-electron chi connectivity index (χ1n) is 13.9. The quantitative estimate of drug-likeness (QED) is 0.377.